The van der Waals surface area contributed by atoms with Crippen LogP contribution in [0, 0.1) is 41.4 Å². The van der Waals surface area contributed by atoms with Crippen molar-refractivity contribution in [1.29, 1.82) is 0 Å². The van der Waals surface area contributed by atoms with Gasteiger partial charge in [0.2, 0.25) is 0 Å². The maximum atomic E-state index is 14.4. The fraction of sp³-hybridized carbons (Fsp3) is 0.118. The molecule has 4 nitrogen and oxygen atoms in total. The summed E-state index contributed by atoms with van der Waals surface area (Å²) >= 11 is 0. The fourth-order valence-electron chi connectivity index (χ4n) is 2.61. The average molecular weight is 404 g/mol. The Bertz CT molecular complexity index is 1030. The number of ether oxygens (including phenoxy) is 1. The highest BCUT2D eigenvalue weighted by Crippen LogP contribution is 2.44. The Morgan fingerprint density at radius 2 is 1.64 bits per heavy atom. The molecule has 1 heterocycles. The number of fused-ring (bicyclic) bond motifs is 1. The Morgan fingerprint density at radius 3 is 2.18 bits per heavy atom. The van der Waals surface area contributed by atoms with Gasteiger partial charge in [0.15, 0.2) is 29.0 Å². The van der Waals surface area contributed by atoms with Crippen LogP contribution in [0.1, 0.15) is 0 Å². The molecule has 2 aromatic rings. The van der Waals surface area contributed by atoms with Crippen molar-refractivity contribution in [3.63, 3.8) is 0 Å². The number of rotatable bonds is 2. The van der Waals surface area contributed by atoms with Crippen LogP contribution in [0.25, 0.3) is 11.1 Å². The minimum absolute atomic E-state index is 0.277. The first-order valence-corrected chi connectivity index (χ1v) is 7.28. The molecule has 2 aromatic carbocycles. The molecule has 2 N–H and O–H groups in total. The first-order chi connectivity index (χ1) is 13.0. The molecule has 0 bridgehead atoms. The van der Waals surface area contributed by atoms with E-state index < -0.39 is 75.9 Å². The highest BCUT2D eigenvalue weighted by atomic mass is 19.3. The summed E-state index contributed by atoms with van der Waals surface area (Å²) in [4.78, 5) is 12.1. The standard InChI is InChI=1S/C17H7F7N2O2/c1-2-3-26-8-4-6(7(18)5-9(8)28-17(23,24)16(26)27)10-11(19)13(21)15(25)14(22)12(10)20/h1,4-5H,3,25H2. The van der Waals surface area contributed by atoms with Gasteiger partial charge in [0, 0.05) is 11.6 Å². The molecular weight excluding hydrogens is 397 g/mol. The molecule has 11 heteroatoms. The predicted octanol–water partition coefficient (Wildman–Crippen LogP) is 3.58. The van der Waals surface area contributed by atoms with Crippen LogP contribution in [0.15, 0.2) is 12.1 Å². The summed E-state index contributed by atoms with van der Waals surface area (Å²) < 4.78 is 102. The summed E-state index contributed by atoms with van der Waals surface area (Å²) in [7, 11) is 0. The summed E-state index contributed by atoms with van der Waals surface area (Å²) in [5.74, 6) is -10.5. The van der Waals surface area contributed by atoms with E-state index in [-0.39, 0.29) is 6.07 Å². The van der Waals surface area contributed by atoms with Gasteiger partial charge < -0.3 is 10.5 Å². The summed E-state index contributed by atoms with van der Waals surface area (Å²) in [6.07, 6.45) is 0.633. The van der Waals surface area contributed by atoms with E-state index in [2.05, 4.69) is 4.74 Å². The molecule has 28 heavy (non-hydrogen) atoms. The van der Waals surface area contributed by atoms with Crippen molar-refractivity contribution in [3.05, 3.63) is 41.2 Å². The highest BCUT2D eigenvalue weighted by Gasteiger charge is 2.50. The van der Waals surface area contributed by atoms with Crippen molar-refractivity contribution in [2.45, 2.75) is 6.11 Å². The zero-order valence-electron chi connectivity index (χ0n) is 13.4. The molecule has 0 saturated heterocycles. The van der Waals surface area contributed by atoms with Crippen molar-refractivity contribution >= 4 is 17.3 Å². The maximum absolute atomic E-state index is 14.4. The first-order valence-electron chi connectivity index (χ1n) is 7.28. The van der Waals surface area contributed by atoms with E-state index in [1.165, 1.54) is 0 Å². The maximum Gasteiger partial charge on any atom is 0.483 e. The van der Waals surface area contributed by atoms with Gasteiger partial charge in [0.25, 0.3) is 0 Å². The van der Waals surface area contributed by atoms with Gasteiger partial charge >= 0.3 is 12.0 Å². The Labute approximate surface area is 152 Å². The van der Waals surface area contributed by atoms with Crippen molar-refractivity contribution in [2.24, 2.45) is 0 Å². The number of hydrogen-bond acceptors (Lipinski definition) is 3. The topological polar surface area (TPSA) is 55.6 Å². The number of nitrogens with zero attached hydrogens (tertiary/aromatic N) is 1. The number of terminal acetylenes is 1. The Morgan fingerprint density at radius 1 is 1.07 bits per heavy atom. The number of alkyl halides is 2. The van der Waals surface area contributed by atoms with Gasteiger partial charge in [-0.2, -0.15) is 8.78 Å². The minimum Gasteiger partial charge on any atom is -0.423 e. The third-order valence-electron chi connectivity index (χ3n) is 3.89. The van der Waals surface area contributed by atoms with Gasteiger partial charge in [-0.25, -0.2) is 22.0 Å². The van der Waals surface area contributed by atoms with Crippen LogP contribution in [-0.2, 0) is 4.79 Å². The molecule has 0 aromatic heterocycles. The first kappa shape index (κ1) is 19.3. The van der Waals surface area contributed by atoms with Gasteiger partial charge in [0.1, 0.15) is 11.5 Å². The van der Waals surface area contributed by atoms with Crippen molar-refractivity contribution in [2.75, 3.05) is 17.2 Å². The smallest absolute Gasteiger partial charge is 0.423 e. The van der Waals surface area contributed by atoms with E-state index in [0.717, 1.165) is 0 Å². The fourth-order valence-corrected chi connectivity index (χ4v) is 2.61. The number of halogens is 7. The minimum atomic E-state index is -4.38. The van der Waals surface area contributed by atoms with Gasteiger partial charge in [-0.15, -0.1) is 6.42 Å². The van der Waals surface area contributed by atoms with Crippen LogP contribution in [0.4, 0.5) is 42.1 Å². The van der Waals surface area contributed by atoms with E-state index in [1.54, 1.807) is 0 Å². The second kappa shape index (κ2) is 6.33. The number of amides is 1. The van der Waals surface area contributed by atoms with Crippen molar-refractivity contribution in [1.82, 2.24) is 0 Å². The second-order valence-corrected chi connectivity index (χ2v) is 5.56. The molecule has 0 aliphatic carbocycles. The molecule has 0 saturated carbocycles. The SMILES string of the molecule is C#CCN1C(=O)C(F)(F)Oc2cc(F)c(-c3c(F)c(F)c(N)c(F)c3F)cc21. The van der Waals surface area contributed by atoms with Crippen LogP contribution in [0.2, 0.25) is 0 Å². The van der Waals surface area contributed by atoms with Crippen LogP contribution in [-0.4, -0.2) is 18.6 Å². The van der Waals surface area contributed by atoms with Crippen LogP contribution in [0.3, 0.4) is 0 Å². The lowest BCUT2D eigenvalue weighted by Gasteiger charge is -2.32. The Balaban J connectivity index is 2.32. The summed E-state index contributed by atoms with van der Waals surface area (Å²) in [5, 5.41) is 0. The largest absolute Gasteiger partial charge is 0.483 e. The molecule has 0 fully saturated rings. The molecule has 146 valence electrons. The molecule has 1 aliphatic rings. The lowest BCUT2D eigenvalue weighted by atomic mass is 10.00. The lowest BCUT2D eigenvalue weighted by Crippen LogP contribution is -2.51. The number of anilines is 2. The Kier molecular flexibility index (Phi) is 4.37. The highest BCUT2D eigenvalue weighted by molar-refractivity contribution is 6.02. The normalized spacial score (nSPS) is 15.1. The zero-order valence-corrected chi connectivity index (χ0v) is 13.4. The predicted molar refractivity (Wildman–Crippen MR) is 82.8 cm³/mol. The van der Waals surface area contributed by atoms with Gasteiger partial charge in [-0.3, -0.25) is 9.69 Å². The number of hydrogen-bond donors (Lipinski definition) is 1. The number of nitrogens with two attached hydrogens (primary N) is 1. The van der Waals surface area contributed by atoms with E-state index in [1.807, 2.05) is 5.92 Å². The molecule has 0 atom stereocenters. The van der Waals surface area contributed by atoms with Crippen molar-refractivity contribution < 1.29 is 40.3 Å². The molecule has 0 radical (unpaired) electrons. The Hall–Kier alpha value is -3.42. The number of carbonyl (C=O) groups is 1. The van der Waals surface area contributed by atoms with Gasteiger partial charge in [-0.1, -0.05) is 5.92 Å². The molecule has 3 rings (SSSR count). The summed E-state index contributed by atoms with van der Waals surface area (Å²) in [6.45, 7) is -0.731. The summed E-state index contributed by atoms with van der Waals surface area (Å²) in [6, 6.07) is 0.783. The third-order valence-corrected chi connectivity index (χ3v) is 3.89. The zero-order chi connectivity index (χ0) is 21.0. The van der Waals surface area contributed by atoms with E-state index in [9.17, 15) is 35.5 Å². The van der Waals surface area contributed by atoms with Gasteiger partial charge in [-0.05, 0) is 6.07 Å². The van der Waals surface area contributed by atoms with Crippen molar-refractivity contribution in [3.8, 4) is 29.2 Å². The third kappa shape index (κ3) is 2.69. The lowest BCUT2D eigenvalue weighted by molar-refractivity contribution is -0.192. The molecule has 0 unspecified atom stereocenters. The second-order valence-electron chi connectivity index (χ2n) is 5.56. The van der Waals surface area contributed by atoms with E-state index >= 15 is 0 Å². The van der Waals surface area contributed by atoms with E-state index in [0.29, 0.717) is 11.0 Å². The molecule has 0 spiro atoms. The number of benzene rings is 2. The van der Waals surface area contributed by atoms with E-state index in [4.69, 9.17) is 12.2 Å². The van der Waals surface area contributed by atoms with Crippen LogP contribution < -0.4 is 15.4 Å². The van der Waals surface area contributed by atoms with Crippen LogP contribution in [0.5, 0.6) is 5.75 Å². The quantitative estimate of drug-likeness (QED) is 0.360. The van der Waals surface area contributed by atoms with Crippen LogP contribution >= 0.6 is 0 Å². The average Bonchev–Trinajstić information content (AvgIpc) is 2.63. The van der Waals surface area contributed by atoms with Gasteiger partial charge in [0.05, 0.1) is 17.8 Å². The summed E-state index contributed by atoms with van der Waals surface area (Å²) in [5.41, 5.74) is 0.272. The molecule has 1 aliphatic heterocycles. The molecular formula is C17H7F7N2O2. The molecule has 1 amide bonds. The number of carbonyl (C=O) groups excluding carboxylic acids is 1. The monoisotopic (exact) mass is 404 g/mol. The number of nitrogen functional groups attached to an aromatic ring is 1.